The number of morpholine rings is 1. The molecule has 2 N–H and O–H groups in total. The van der Waals surface area contributed by atoms with E-state index in [0.29, 0.717) is 18.5 Å². The summed E-state index contributed by atoms with van der Waals surface area (Å²) in [4.78, 5) is 17.5. The third kappa shape index (κ3) is 5.92. The second-order valence-electron chi connectivity index (χ2n) is 8.36. The van der Waals surface area contributed by atoms with E-state index in [1.54, 1.807) is 0 Å². The van der Waals surface area contributed by atoms with Gasteiger partial charge in [-0.15, -0.1) is 0 Å². The van der Waals surface area contributed by atoms with Crippen molar-refractivity contribution in [2.75, 3.05) is 64.5 Å². The molecule has 1 aromatic rings. The van der Waals surface area contributed by atoms with Crippen molar-refractivity contribution in [2.45, 2.75) is 31.8 Å². The minimum absolute atomic E-state index is 0.138. The van der Waals surface area contributed by atoms with E-state index < -0.39 is 0 Å². The Morgan fingerprint density at radius 1 is 1.10 bits per heavy atom. The summed E-state index contributed by atoms with van der Waals surface area (Å²) in [5.74, 6) is 0.470. The highest BCUT2D eigenvalue weighted by molar-refractivity contribution is 5.89. The predicted molar refractivity (Wildman–Crippen MR) is 113 cm³/mol. The van der Waals surface area contributed by atoms with Crippen LogP contribution >= 0.6 is 0 Å². The minimum Gasteiger partial charge on any atom is -0.381 e. The van der Waals surface area contributed by atoms with Crippen molar-refractivity contribution in [3.63, 3.8) is 0 Å². The lowest BCUT2D eigenvalue weighted by molar-refractivity contribution is 0.00222. The molecule has 0 spiro atoms. The number of likely N-dealkylation sites (tertiary alicyclic amines) is 1. The van der Waals surface area contributed by atoms with Crippen molar-refractivity contribution >= 4 is 11.7 Å². The van der Waals surface area contributed by atoms with Gasteiger partial charge >= 0.3 is 6.03 Å². The van der Waals surface area contributed by atoms with E-state index in [2.05, 4.69) is 32.6 Å². The van der Waals surface area contributed by atoms with Crippen molar-refractivity contribution in [3.05, 3.63) is 29.8 Å². The summed E-state index contributed by atoms with van der Waals surface area (Å²) in [6.07, 6.45) is 3.64. The van der Waals surface area contributed by atoms with Gasteiger partial charge in [-0.1, -0.05) is 12.1 Å². The molecule has 3 heterocycles. The highest BCUT2D eigenvalue weighted by Crippen LogP contribution is 2.22. The predicted octanol–water partition coefficient (Wildman–Crippen LogP) is 2.14. The number of ether oxygens (including phenoxy) is 2. The SMILES string of the molecule is O=C(NCC(C1CCOC1)N1CCOCC1)Nc1cccc(CN2CCCC2)c1. The van der Waals surface area contributed by atoms with Crippen LogP contribution in [-0.4, -0.2) is 81.0 Å². The topological polar surface area (TPSA) is 66.1 Å². The first kappa shape index (κ1) is 20.6. The van der Waals surface area contributed by atoms with Gasteiger partial charge in [0.1, 0.15) is 0 Å². The molecule has 1 aromatic carbocycles. The summed E-state index contributed by atoms with van der Waals surface area (Å²) in [6.45, 7) is 8.90. The lowest BCUT2D eigenvalue weighted by Gasteiger charge is -2.37. The molecule has 2 unspecified atom stereocenters. The van der Waals surface area contributed by atoms with Crippen LogP contribution in [0.4, 0.5) is 10.5 Å². The quantitative estimate of drug-likeness (QED) is 0.732. The molecule has 3 fully saturated rings. The summed E-state index contributed by atoms with van der Waals surface area (Å²) in [5.41, 5.74) is 2.10. The Balaban J connectivity index is 1.29. The number of anilines is 1. The number of rotatable bonds is 7. The van der Waals surface area contributed by atoms with Crippen LogP contribution in [0, 0.1) is 5.92 Å². The molecule has 0 saturated carbocycles. The number of nitrogens with zero attached hydrogens (tertiary/aromatic N) is 2. The Labute approximate surface area is 173 Å². The molecule has 3 saturated heterocycles. The van der Waals surface area contributed by atoms with Gasteiger partial charge < -0.3 is 20.1 Å². The highest BCUT2D eigenvalue weighted by atomic mass is 16.5. The lowest BCUT2D eigenvalue weighted by atomic mass is 9.97. The standard InChI is InChI=1S/C22H34N4O3/c27-22(24-20-5-3-4-18(14-20)16-25-7-1-2-8-25)23-15-21(19-6-11-29-17-19)26-9-12-28-13-10-26/h3-5,14,19,21H,1-2,6-13,15-17H2,(H2,23,24,27). The molecule has 3 aliphatic heterocycles. The third-order valence-corrected chi connectivity index (χ3v) is 6.29. The maximum Gasteiger partial charge on any atom is 0.319 e. The minimum atomic E-state index is -0.138. The fourth-order valence-corrected chi connectivity index (χ4v) is 4.68. The Morgan fingerprint density at radius 3 is 2.69 bits per heavy atom. The van der Waals surface area contributed by atoms with Crippen molar-refractivity contribution in [1.82, 2.24) is 15.1 Å². The molecular weight excluding hydrogens is 368 g/mol. The molecule has 2 atom stereocenters. The number of nitrogens with one attached hydrogen (secondary N) is 2. The molecule has 4 rings (SSSR count). The molecule has 29 heavy (non-hydrogen) atoms. The summed E-state index contributed by atoms with van der Waals surface area (Å²) in [7, 11) is 0. The second kappa shape index (κ2) is 10.4. The van der Waals surface area contributed by atoms with Gasteiger partial charge in [0.25, 0.3) is 0 Å². The van der Waals surface area contributed by atoms with Crippen LogP contribution < -0.4 is 10.6 Å². The maximum absolute atomic E-state index is 12.6. The Hall–Kier alpha value is -1.67. The summed E-state index contributed by atoms with van der Waals surface area (Å²) < 4.78 is 11.1. The average molecular weight is 403 g/mol. The van der Waals surface area contributed by atoms with Gasteiger partial charge in [-0.25, -0.2) is 4.79 Å². The first-order valence-electron chi connectivity index (χ1n) is 11.0. The molecule has 0 radical (unpaired) electrons. The molecule has 0 aromatic heterocycles. The second-order valence-corrected chi connectivity index (χ2v) is 8.36. The lowest BCUT2D eigenvalue weighted by Crippen LogP contribution is -2.52. The van der Waals surface area contributed by atoms with E-state index in [-0.39, 0.29) is 6.03 Å². The number of hydrogen-bond donors (Lipinski definition) is 2. The number of hydrogen-bond acceptors (Lipinski definition) is 5. The third-order valence-electron chi connectivity index (χ3n) is 6.29. The molecule has 0 bridgehead atoms. The first-order chi connectivity index (χ1) is 14.3. The van der Waals surface area contributed by atoms with Gasteiger partial charge in [-0.2, -0.15) is 0 Å². The number of carbonyl (C=O) groups excluding carboxylic acids is 1. The molecule has 2 amide bonds. The van der Waals surface area contributed by atoms with Gasteiger partial charge in [0, 0.05) is 50.4 Å². The number of carbonyl (C=O) groups is 1. The van der Waals surface area contributed by atoms with Crippen LogP contribution in [0.2, 0.25) is 0 Å². The van der Waals surface area contributed by atoms with Gasteiger partial charge in [0.15, 0.2) is 0 Å². The van der Waals surface area contributed by atoms with E-state index >= 15 is 0 Å². The first-order valence-corrected chi connectivity index (χ1v) is 11.0. The molecular formula is C22H34N4O3. The monoisotopic (exact) mass is 402 g/mol. The maximum atomic E-state index is 12.6. The van der Waals surface area contributed by atoms with Crippen molar-refractivity contribution in [2.24, 2.45) is 5.92 Å². The fourth-order valence-electron chi connectivity index (χ4n) is 4.68. The Morgan fingerprint density at radius 2 is 1.93 bits per heavy atom. The van der Waals surface area contributed by atoms with Gasteiger partial charge in [0.05, 0.1) is 19.8 Å². The van der Waals surface area contributed by atoms with Crippen molar-refractivity contribution in [3.8, 4) is 0 Å². The molecule has 0 aliphatic carbocycles. The zero-order valence-corrected chi connectivity index (χ0v) is 17.3. The smallest absolute Gasteiger partial charge is 0.319 e. The van der Waals surface area contributed by atoms with Crippen molar-refractivity contribution < 1.29 is 14.3 Å². The number of benzene rings is 1. The fraction of sp³-hybridized carbons (Fsp3) is 0.682. The number of urea groups is 1. The van der Waals surface area contributed by atoms with Crippen LogP contribution in [0.3, 0.4) is 0 Å². The van der Waals surface area contributed by atoms with E-state index in [1.807, 2.05) is 12.1 Å². The van der Waals surface area contributed by atoms with Gasteiger partial charge in [-0.05, 0) is 50.0 Å². The van der Waals surface area contributed by atoms with Crippen molar-refractivity contribution in [1.29, 1.82) is 0 Å². The summed E-state index contributed by atoms with van der Waals surface area (Å²) in [6, 6.07) is 8.36. The zero-order chi connectivity index (χ0) is 19.9. The molecule has 160 valence electrons. The normalized spacial score (nSPS) is 24.5. The summed E-state index contributed by atoms with van der Waals surface area (Å²) in [5, 5.41) is 6.11. The average Bonchev–Trinajstić information content (AvgIpc) is 3.44. The highest BCUT2D eigenvalue weighted by Gasteiger charge is 2.31. The van der Waals surface area contributed by atoms with E-state index in [4.69, 9.17) is 9.47 Å². The van der Waals surface area contributed by atoms with Crippen LogP contribution in [-0.2, 0) is 16.0 Å². The molecule has 7 heteroatoms. The Bertz CT molecular complexity index is 653. The van der Waals surface area contributed by atoms with Crippen LogP contribution in [0.15, 0.2) is 24.3 Å². The molecule has 7 nitrogen and oxygen atoms in total. The van der Waals surface area contributed by atoms with Crippen LogP contribution in [0.1, 0.15) is 24.8 Å². The van der Waals surface area contributed by atoms with Gasteiger partial charge in [0.2, 0.25) is 0 Å². The number of amides is 2. The van der Waals surface area contributed by atoms with Gasteiger partial charge in [-0.3, -0.25) is 9.80 Å². The largest absolute Gasteiger partial charge is 0.381 e. The van der Waals surface area contributed by atoms with E-state index in [9.17, 15) is 4.79 Å². The van der Waals surface area contributed by atoms with E-state index in [1.165, 1.54) is 31.5 Å². The zero-order valence-electron chi connectivity index (χ0n) is 17.3. The Kier molecular flexibility index (Phi) is 7.38. The molecule has 3 aliphatic rings. The summed E-state index contributed by atoms with van der Waals surface area (Å²) >= 11 is 0. The van der Waals surface area contributed by atoms with Crippen LogP contribution in [0.25, 0.3) is 0 Å². The van der Waals surface area contributed by atoms with Crippen LogP contribution in [0.5, 0.6) is 0 Å². The van der Waals surface area contributed by atoms with E-state index in [0.717, 1.165) is 58.2 Å².